The van der Waals surface area contributed by atoms with Crippen molar-refractivity contribution in [2.75, 3.05) is 0 Å². The SMILES string of the molecule is NC(=O)N(N)C(=O)O.S. The minimum absolute atomic E-state index is 0. The van der Waals surface area contributed by atoms with Crippen LogP contribution in [0, 0.1) is 0 Å². The van der Waals surface area contributed by atoms with Gasteiger partial charge in [-0.05, 0) is 0 Å². The lowest BCUT2D eigenvalue weighted by Crippen LogP contribution is -2.44. The Morgan fingerprint density at radius 1 is 1.44 bits per heavy atom. The van der Waals surface area contributed by atoms with Gasteiger partial charge in [0.2, 0.25) is 0 Å². The Kier molecular flexibility index (Phi) is 4.84. The predicted molar refractivity (Wildman–Crippen MR) is 34.0 cm³/mol. The van der Waals surface area contributed by atoms with Crippen molar-refractivity contribution in [1.29, 1.82) is 0 Å². The highest BCUT2D eigenvalue weighted by molar-refractivity contribution is 7.59. The van der Waals surface area contributed by atoms with Crippen LogP contribution in [0.5, 0.6) is 0 Å². The van der Waals surface area contributed by atoms with Gasteiger partial charge in [-0.3, -0.25) is 0 Å². The maximum absolute atomic E-state index is 9.78. The van der Waals surface area contributed by atoms with Crippen molar-refractivity contribution < 1.29 is 14.7 Å². The van der Waals surface area contributed by atoms with Gasteiger partial charge in [0.15, 0.2) is 0 Å². The van der Waals surface area contributed by atoms with Gasteiger partial charge in [0.05, 0.1) is 0 Å². The van der Waals surface area contributed by atoms with Crippen molar-refractivity contribution in [3.05, 3.63) is 0 Å². The summed E-state index contributed by atoms with van der Waals surface area (Å²) in [6, 6.07) is -1.20. The summed E-state index contributed by atoms with van der Waals surface area (Å²) in [6.45, 7) is 0. The lowest BCUT2D eigenvalue weighted by molar-refractivity contribution is 0.152. The molecule has 0 aromatic carbocycles. The highest BCUT2D eigenvalue weighted by Crippen LogP contribution is 1.74. The maximum atomic E-state index is 9.78. The van der Waals surface area contributed by atoms with E-state index in [0.29, 0.717) is 0 Å². The fourth-order valence-electron chi connectivity index (χ4n) is 0.0943. The molecule has 0 aliphatic rings. The first-order valence-electron chi connectivity index (χ1n) is 1.63. The molecule has 0 saturated carbocycles. The molecule has 0 saturated heterocycles. The number of primary amides is 1. The predicted octanol–water partition coefficient (Wildman–Crippen LogP) is -0.968. The molecule has 0 atom stereocenters. The number of carbonyl (C=O) groups excluding carboxylic acids is 1. The third-order valence-electron chi connectivity index (χ3n) is 0.444. The van der Waals surface area contributed by atoms with E-state index in [9.17, 15) is 9.59 Å². The lowest BCUT2D eigenvalue weighted by atomic mass is 10.9. The molecule has 5 N–H and O–H groups in total. The standard InChI is InChI=1S/C2H5N3O3.H2S/c3-1(6)5(4)2(7)8;/h4H2,(H2,3,6)(H,7,8);1H2. The number of hydrazine groups is 1. The number of imide groups is 1. The molecule has 6 nitrogen and oxygen atoms in total. The molecule has 0 aromatic rings. The number of carbonyl (C=O) groups is 2. The molecule has 0 aliphatic carbocycles. The molecule has 0 aliphatic heterocycles. The van der Waals surface area contributed by atoms with Crippen LogP contribution in [-0.4, -0.2) is 22.2 Å². The Morgan fingerprint density at radius 2 is 1.78 bits per heavy atom. The largest absolute Gasteiger partial charge is 0.464 e. The second kappa shape index (κ2) is 3.98. The molecule has 0 rings (SSSR count). The van der Waals surface area contributed by atoms with E-state index >= 15 is 0 Å². The van der Waals surface area contributed by atoms with Gasteiger partial charge in [-0.1, -0.05) is 0 Å². The number of hydrogen-bond donors (Lipinski definition) is 3. The molecule has 0 unspecified atom stereocenters. The monoisotopic (exact) mass is 153 g/mol. The van der Waals surface area contributed by atoms with Crippen molar-refractivity contribution in [3.63, 3.8) is 0 Å². The third kappa shape index (κ3) is 3.62. The van der Waals surface area contributed by atoms with Crippen molar-refractivity contribution in [2.24, 2.45) is 11.6 Å². The number of nitrogens with zero attached hydrogens (tertiary/aromatic N) is 1. The number of amides is 3. The van der Waals surface area contributed by atoms with E-state index in [1.165, 1.54) is 0 Å². The molecule has 9 heavy (non-hydrogen) atoms. The summed E-state index contributed by atoms with van der Waals surface area (Å²) >= 11 is 0. The fraction of sp³-hybridized carbons (Fsp3) is 0. The number of carboxylic acid groups (broad SMARTS) is 1. The average molecular weight is 153 g/mol. The van der Waals surface area contributed by atoms with Crippen LogP contribution in [0.15, 0.2) is 0 Å². The van der Waals surface area contributed by atoms with Gasteiger partial charge >= 0.3 is 12.1 Å². The normalized spacial score (nSPS) is 7.22. The zero-order chi connectivity index (χ0) is 6.73. The summed E-state index contributed by atoms with van der Waals surface area (Å²) in [5.41, 5.74) is 4.42. The van der Waals surface area contributed by atoms with Crippen molar-refractivity contribution in [3.8, 4) is 0 Å². The Morgan fingerprint density at radius 3 is 1.78 bits per heavy atom. The Labute approximate surface area is 57.8 Å². The van der Waals surface area contributed by atoms with E-state index in [1.807, 2.05) is 0 Å². The molecule has 0 radical (unpaired) electrons. The minimum Gasteiger partial charge on any atom is -0.464 e. The van der Waals surface area contributed by atoms with Gasteiger partial charge in [0.25, 0.3) is 0 Å². The summed E-state index contributed by atoms with van der Waals surface area (Å²) in [5.74, 6) is 4.52. The van der Waals surface area contributed by atoms with Crippen LogP contribution in [0.2, 0.25) is 0 Å². The van der Waals surface area contributed by atoms with Crippen LogP contribution in [0.1, 0.15) is 0 Å². The highest BCUT2D eigenvalue weighted by atomic mass is 32.1. The lowest BCUT2D eigenvalue weighted by Gasteiger charge is -2.03. The second-order valence-electron chi connectivity index (χ2n) is 0.991. The first-order valence-corrected chi connectivity index (χ1v) is 1.63. The Bertz CT molecular complexity index is 112. The van der Waals surface area contributed by atoms with Gasteiger partial charge in [0.1, 0.15) is 0 Å². The number of nitrogens with two attached hydrogens (primary N) is 2. The summed E-state index contributed by atoms with van der Waals surface area (Å²) in [6.07, 6.45) is -1.57. The van der Waals surface area contributed by atoms with Gasteiger partial charge in [-0.2, -0.15) is 18.5 Å². The Hall–Kier alpha value is -0.950. The fourth-order valence-corrected chi connectivity index (χ4v) is 0.0943. The van der Waals surface area contributed by atoms with Crippen molar-refractivity contribution in [2.45, 2.75) is 0 Å². The molecule has 0 heterocycles. The van der Waals surface area contributed by atoms with Crippen molar-refractivity contribution in [1.82, 2.24) is 5.01 Å². The maximum Gasteiger partial charge on any atom is 0.430 e. The average Bonchev–Trinajstić information content (AvgIpc) is 1.64. The first-order chi connectivity index (χ1) is 3.55. The van der Waals surface area contributed by atoms with E-state index in [1.54, 1.807) is 0 Å². The van der Waals surface area contributed by atoms with Gasteiger partial charge < -0.3 is 10.8 Å². The number of rotatable bonds is 0. The van der Waals surface area contributed by atoms with Crippen molar-refractivity contribution >= 4 is 25.6 Å². The third-order valence-corrected chi connectivity index (χ3v) is 0.444. The zero-order valence-corrected chi connectivity index (χ0v) is 5.37. The van der Waals surface area contributed by atoms with E-state index in [-0.39, 0.29) is 18.5 Å². The van der Waals surface area contributed by atoms with Crippen LogP contribution in [0.4, 0.5) is 9.59 Å². The quantitative estimate of drug-likeness (QED) is 0.236. The Balaban J connectivity index is 0. The van der Waals surface area contributed by atoms with E-state index < -0.39 is 12.1 Å². The molecule has 0 fully saturated rings. The van der Waals surface area contributed by atoms with Crippen LogP contribution < -0.4 is 11.6 Å². The van der Waals surface area contributed by atoms with Crippen LogP contribution in [0.3, 0.4) is 0 Å². The van der Waals surface area contributed by atoms with Crippen LogP contribution in [-0.2, 0) is 0 Å². The van der Waals surface area contributed by atoms with Crippen LogP contribution in [0.25, 0.3) is 0 Å². The van der Waals surface area contributed by atoms with E-state index in [0.717, 1.165) is 0 Å². The summed E-state index contributed by atoms with van der Waals surface area (Å²) in [5, 5.41) is 7.74. The number of hydrogen-bond acceptors (Lipinski definition) is 3. The highest BCUT2D eigenvalue weighted by Gasteiger charge is 2.10. The first kappa shape index (κ1) is 10.9. The molecule has 0 aromatic heterocycles. The molecule has 0 bridgehead atoms. The van der Waals surface area contributed by atoms with E-state index in [2.05, 4.69) is 11.6 Å². The minimum atomic E-state index is -1.57. The molecule has 7 heteroatoms. The molecular weight excluding hydrogens is 146 g/mol. The molecular formula is C2H7N3O3S. The summed E-state index contributed by atoms with van der Waals surface area (Å²) in [7, 11) is 0. The topological polar surface area (TPSA) is 110 Å². The zero-order valence-electron chi connectivity index (χ0n) is 4.37. The van der Waals surface area contributed by atoms with Gasteiger partial charge in [-0.15, -0.1) is 0 Å². The second-order valence-corrected chi connectivity index (χ2v) is 0.991. The van der Waals surface area contributed by atoms with Gasteiger partial charge in [0, 0.05) is 0 Å². The molecule has 3 amide bonds. The molecule has 54 valence electrons. The summed E-state index contributed by atoms with van der Waals surface area (Å²) in [4.78, 5) is 19.4. The van der Waals surface area contributed by atoms with E-state index in [4.69, 9.17) is 5.11 Å². The van der Waals surface area contributed by atoms with Gasteiger partial charge in [-0.25, -0.2) is 15.4 Å². The smallest absolute Gasteiger partial charge is 0.430 e. The molecule has 0 spiro atoms. The number of urea groups is 1. The van der Waals surface area contributed by atoms with Crippen LogP contribution >= 0.6 is 13.5 Å². The summed E-state index contributed by atoms with van der Waals surface area (Å²) < 4.78 is 0.